The second-order valence-corrected chi connectivity index (χ2v) is 6.80. The van der Waals surface area contributed by atoms with Crippen molar-refractivity contribution in [2.45, 2.75) is 32.7 Å². The van der Waals surface area contributed by atoms with Crippen molar-refractivity contribution in [1.82, 2.24) is 10.2 Å². The molecule has 2 atom stereocenters. The van der Waals surface area contributed by atoms with Crippen LogP contribution in [0.1, 0.15) is 37.0 Å². The minimum absolute atomic E-state index is 0.0666. The third-order valence-corrected chi connectivity index (χ3v) is 4.58. The van der Waals surface area contributed by atoms with Gasteiger partial charge in [0.2, 0.25) is 5.75 Å². The van der Waals surface area contributed by atoms with Gasteiger partial charge in [-0.2, -0.15) is 0 Å². The van der Waals surface area contributed by atoms with Crippen molar-refractivity contribution in [1.29, 1.82) is 0 Å². The van der Waals surface area contributed by atoms with E-state index in [1.807, 2.05) is 6.92 Å². The summed E-state index contributed by atoms with van der Waals surface area (Å²) in [6.45, 7) is 7.39. The molecule has 1 saturated heterocycles. The Bertz CT molecular complexity index is 566. The number of methoxy groups -OCH3 is 3. The van der Waals surface area contributed by atoms with E-state index in [-0.39, 0.29) is 11.9 Å². The Kier molecular flexibility index (Phi) is 6.93. The molecule has 1 aliphatic heterocycles. The summed E-state index contributed by atoms with van der Waals surface area (Å²) in [5.41, 5.74) is 0.494. The molecule has 25 heavy (non-hydrogen) atoms. The lowest BCUT2D eigenvalue weighted by Crippen LogP contribution is -2.45. The molecular formula is C19H30N2O4. The van der Waals surface area contributed by atoms with Crippen LogP contribution in [0.2, 0.25) is 0 Å². The van der Waals surface area contributed by atoms with Gasteiger partial charge in [0.05, 0.1) is 21.3 Å². The molecule has 0 radical (unpaired) electrons. The van der Waals surface area contributed by atoms with Crippen molar-refractivity contribution in [2.75, 3.05) is 41.0 Å². The van der Waals surface area contributed by atoms with Gasteiger partial charge in [-0.05, 0) is 44.4 Å². The number of carbonyl (C=O) groups is 1. The normalized spacial score (nSPS) is 19.2. The minimum atomic E-state index is -0.142. The highest BCUT2D eigenvalue weighted by atomic mass is 16.5. The van der Waals surface area contributed by atoms with Crippen LogP contribution in [-0.4, -0.2) is 57.8 Å². The largest absolute Gasteiger partial charge is 0.493 e. The Balaban J connectivity index is 2.04. The summed E-state index contributed by atoms with van der Waals surface area (Å²) >= 11 is 0. The Labute approximate surface area is 150 Å². The molecule has 2 unspecified atom stereocenters. The topological polar surface area (TPSA) is 60.0 Å². The van der Waals surface area contributed by atoms with Crippen LogP contribution < -0.4 is 19.5 Å². The van der Waals surface area contributed by atoms with E-state index in [0.29, 0.717) is 22.8 Å². The number of rotatable bonds is 7. The lowest BCUT2D eigenvalue weighted by molar-refractivity contribution is 0.0919. The standard InChI is InChI=1S/C19H30N2O4/c1-13-7-6-8-21(11-13)12-14(2)20-19(22)15-9-16(23-3)18(25-5)17(10-15)24-4/h9-10,13-14H,6-8,11-12H2,1-5H3,(H,20,22). The fraction of sp³-hybridized carbons (Fsp3) is 0.632. The first-order valence-electron chi connectivity index (χ1n) is 8.81. The van der Waals surface area contributed by atoms with E-state index in [2.05, 4.69) is 17.1 Å². The van der Waals surface area contributed by atoms with Crippen molar-refractivity contribution in [3.8, 4) is 17.2 Å². The second-order valence-electron chi connectivity index (χ2n) is 6.80. The molecule has 0 aliphatic carbocycles. The lowest BCUT2D eigenvalue weighted by atomic mass is 10.00. The molecule has 1 aromatic carbocycles. The number of nitrogens with one attached hydrogen (secondary N) is 1. The fourth-order valence-corrected chi connectivity index (χ4v) is 3.40. The van der Waals surface area contributed by atoms with E-state index < -0.39 is 0 Å². The molecule has 1 N–H and O–H groups in total. The zero-order chi connectivity index (χ0) is 18.4. The average molecular weight is 350 g/mol. The molecule has 2 rings (SSSR count). The zero-order valence-electron chi connectivity index (χ0n) is 15.9. The molecule has 140 valence electrons. The Morgan fingerprint density at radius 2 is 1.88 bits per heavy atom. The van der Waals surface area contributed by atoms with E-state index in [1.165, 1.54) is 12.8 Å². The third kappa shape index (κ3) is 5.01. The van der Waals surface area contributed by atoms with Gasteiger partial charge in [-0.25, -0.2) is 0 Å². The molecule has 1 aliphatic rings. The molecule has 0 spiro atoms. The van der Waals surface area contributed by atoms with Gasteiger partial charge in [-0.1, -0.05) is 6.92 Å². The van der Waals surface area contributed by atoms with Gasteiger partial charge in [0.1, 0.15) is 0 Å². The van der Waals surface area contributed by atoms with Crippen LogP contribution in [0, 0.1) is 5.92 Å². The fourth-order valence-electron chi connectivity index (χ4n) is 3.40. The molecule has 0 bridgehead atoms. The third-order valence-electron chi connectivity index (χ3n) is 4.58. The summed E-state index contributed by atoms with van der Waals surface area (Å²) in [7, 11) is 4.63. The number of amides is 1. The SMILES string of the molecule is COc1cc(C(=O)NC(C)CN2CCCC(C)C2)cc(OC)c1OC. The summed E-state index contributed by atoms with van der Waals surface area (Å²) in [5.74, 6) is 2.02. The summed E-state index contributed by atoms with van der Waals surface area (Å²) in [5, 5.41) is 3.07. The maximum Gasteiger partial charge on any atom is 0.251 e. The molecule has 1 fully saturated rings. The quantitative estimate of drug-likeness (QED) is 0.819. The van der Waals surface area contributed by atoms with Crippen molar-refractivity contribution in [2.24, 2.45) is 5.92 Å². The number of likely N-dealkylation sites (tertiary alicyclic amines) is 1. The summed E-state index contributed by atoms with van der Waals surface area (Å²) in [6.07, 6.45) is 2.53. The van der Waals surface area contributed by atoms with Gasteiger partial charge in [-0.3, -0.25) is 4.79 Å². The maximum atomic E-state index is 12.6. The highest BCUT2D eigenvalue weighted by Crippen LogP contribution is 2.38. The molecule has 6 heteroatoms. The van der Waals surface area contributed by atoms with Crippen LogP contribution in [0.3, 0.4) is 0 Å². The van der Waals surface area contributed by atoms with E-state index in [4.69, 9.17) is 14.2 Å². The van der Waals surface area contributed by atoms with Gasteiger partial charge >= 0.3 is 0 Å². The Hall–Kier alpha value is -1.95. The molecule has 0 saturated carbocycles. The first-order chi connectivity index (χ1) is 12.0. The first-order valence-corrected chi connectivity index (χ1v) is 8.81. The van der Waals surface area contributed by atoms with Crippen molar-refractivity contribution in [3.63, 3.8) is 0 Å². The van der Waals surface area contributed by atoms with E-state index in [1.54, 1.807) is 33.5 Å². The van der Waals surface area contributed by atoms with Gasteiger partial charge in [0, 0.05) is 24.7 Å². The summed E-state index contributed by atoms with van der Waals surface area (Å²) in [4.78, 5) is 15.0. The highest BCUT2D eigenvalue weighted by molar-refractivity contribution is 5.95. The average Bonchev–Trinajstić information content (AvgIpc) is 2.60. The number of carbonyl (C=O) groups excluding carboxylic acids is 1. The van der Waals surface area contributed by atoms with Crippen LogP contribution >= 0.6 is 0 Å². The summed E-state index contributed by atoms with van der Waals surface area (Å²) < 4.78 is 15.9. The van der Waals surface area contributed by atoms with E-state index in [0.717, 1.165) is 25.6 Å². The van der Waals surface area contributed by atoms with Gasteiger partial charge < -0.3 is 24.4 Å². The van der Waals surface area contributed by atoms with Crippen molar-refractivity contribution < 1.29 is 19.0 Å². The van der Waals surface area contributed by atoms with Gasteiger partial charge in [0.25, 0.3) is 5.91 Å². The monoisotopic (exact) mass is 350 g/mol. The number of nitrogens with zero attached hydrogens (tertiary/aromatic N) is 1. The number of benzene rings is 1. The smallest absolute Gasteiger partial charge is 0.251 e. The molecule has 1 aromatic rings. The molecule has 0 aromatic heterocycles. The van der Waals surface area contributed by atoms with Crippen LogP contribution in [0.25, 0.3) is 0 Å². The van der Waals surface area contributed by atoms with E-state index >= 15 is 0 Å². The van der Waals surface area contributed by atoms with Crippen LogP contribution in [0.4, 0.5) is 0 Å². The summed E-state index contributed by atoms with van der Waals surface area (Å²) in [6, 6.07) is 3.41. The van der Waals surface area contributed by atoms with Crippen LogP contribution in [0.5, 0.6) is 17.2 Å². The maximum absolute atomic E-state index is 12.6. The number of hydrogen-bond acceptors (Lipinski definition) is 5. The van der Waals surface area contributed by atoms with Crippen molar-refractivity contribution in [3.05, 3.63) is 17.7 Å². The van der Waals surface area contributed by atoms with Crippen LogP contribution in [-0.2, 0) is 0 Å². The van der Waals surface area contributed by atoms with Crippen molar-refractivity contribution >= 4 is 5.91 Å². The number of ether oxygens (including phenoxy) is 3. The van der Waals surface area contributed by atoms with Gasteiger partial charge in [-0.15, -0.1) is 0 Å². The predicted octanol–water partition coefficient (Wildman–Crippen LogP) is 2.56. The lowest BCUT2D eigenvalue weighted by Gasteiger charge is -2.32. The Morgan fingerprint density at radius 3 is 2.40 bits per heavy atom. The van der Waals surface area contributed by atoms with E-state index in [9.17, 15) is 4.79 Å². The molecule has 6 nitrogen and oxygen atoms in total. The Morgan fingerprint density at radius 1 is 1.24 bits per heavy atom. The highest BCUT2D eigenvalue weighted by Gasteiger charge is 2.21. The first kappa shape index (κ1) is 19.4. The van der Waals surface area contributed by atoms with Crippen LogP contribution in [0.15, 0.2) is 12.1 Å². The molecule has 1 amide bonds. The number of piperidine rings is 1. The number of hydrogen-bond donors (Lipinski definition) is 1. The molecule has 1 heterocycles. The molecular weight excluding hydrogens is 320 g/mol. The minimum Gasteiger partial charge on any atom is -0.493 e. The zero-order valence-corrected chi connectivity index (χ0v) is 15.9. The predicted molar refractivity (Wildman–Crippen MR) is 97.9 cm³/mol. The van der Waals surface area contributed by atoms with Gasteiger partial charge in [0.15, 0.2) is 11.5 Å². The second kappa shape index (κ2) is 8.94.